The quantitative estimate of drug-likeness (QED) is 0.115. The van der Waals surface area contributed by atoms with Gasteiger partial charge in [-0.1, -0.05) is 153 Å². The highest BCUT2D eigenvalue weighted by atomic mass is 16.3. The van der Waals surface area contributed by atoms with Gasteiger partial charge in [-0.2, -0.15) is 9.97 Å². The Morgan fingerprint density at radius 2 is 1.19 bits per heavy atom. The number of fused-ring (bicyclic) bond motifs is 5. The van der Waals surface area contributed by atoms with Crippen molar-refractivity contribution in [2.45, 2.75) is 0 Å². The number of nitrogens with zero attached hydrogens (tertiary/aromatic N) is 5. The summed E-state index contributed by atoms with van der Waals surface area (Å²) >= 11 is 0. The summed E-state index contributed by atoms with van der Waals surface area (Å²) in [5, 5.41) is 13.1. The number of hydrogen-bond acceptors (Lipinski definition) is 6. The molecule has 0 aliphatic heterocycles. The first-order valence-electron chi connectivity index (χ1n) is 20.5. The van der Waals surface area contributed by atoms with Crippen LogP contribution in [0.2, 0.25) is 0 Å². The maximum absolute atomic E-state index is 9.23. The highest BCUT2D eigenvalue weighted by Gasteiger charge is 2.23. The zero-order valence-corrected chi connectivity index (χ0v) is 33.9. The van der Waals surface area contributed by atoms with Crippen LogP contribution >= 0.6 is 0 Å². The predicted molar refractivity (Wildman–Crippen MR) is 255 cm³/mol. The molecule has 1 N–H and O–H groups in total. The highest BCUT2D eigenvalue weighted by Crippen LogP contribution is 2.37. The van der Waals surface area contributed by atoms with Crippen LogP contribution < -0.4 is 0 Å². The molecule has 0 atom stereocenters. The molecule has 63 heavy (non-hydrogen) atoms. The van der Waals surface area contributed by atoms with Gasteiger partial charge in [0.05, 0.1) is 16.6 Å². The van der Waals surface area contributed by atoms with E-state index in [0.29, 0.717) is 51.5 Å². The Balaban J connectivity index is 1.02. The van der Waals surface area contributed by atoms with Crippen molar-refractivity contribution in [3.05, 3.63) is 218 Å². The van der Waals surface area contributed by atoms with Crippen LogP contribution in [0.4, 0.5) is 0 Å². The molecule has 298 valence electrons. The summed E-state index contributed by atoms with van der Waals surface area (Å²) in [6.45, 7) is 8.47. The third-order valence-corrected chi connectivity index (χ3v) is 11.3. The van der Waals surface area contributed by atoms with Crippen molar-refractivity contribution in [1.82, 2.24) is 19.5 Å². The van der Waals surface area contributed by atoms with Crippen LogP contribution in [0.3, 0.4) is 0 Å². The third-order valence-electron chi connectivity index (χ3n) is 11.3. The van der Waals surface area contributed by atoms with E-state index in [-0.39, 0.29) is 5.84 Å². The Kier molecular flexibility index (Phi) is 9.09. The summed E-state index contributed by atoms with van der Waals surface area (Å²) in [4.78, 5) is 20.2. The number of aliphatic imine (C=N–C) groups is 1. The average molecular weight is 813 g/mol. The second-order valence-corrected chi connectivity index (χ2v) is 15.2. The van der Waals surface area contributed by atoms with Gasteiger partial charge in [0.15, 0.2) is 23.2 Å². The molecule has 4 aromatic heterocycles. The maximum Gasteiger partial charge on any atom is 0.238 e. The number of nitrogens with one attached hydrogen (secondary N) is 1. The number of para-hydroxylation sites is 2. The zero-order valence-electron chi connectivity index (χ0n) is 33.9. The molecule has 0 aliphatic carbocycles. The number of hydrogen-bond donors (Lipinski definition) is 1. The van der Waals surface area contributed by atoms with Crippen LogP contribution in [0, 0.1) is 5.41 Å². The lowest BCUT2D eigenvalue weighted by Gasteiger charge is -2.11. The standard InChI is InChI=1S/C55H36N6O2/c1-3-41-44-32-40(28-30-48(44)63-51(41)34(2)52(56)57-50(36-19-9-5-10-20-36)49-33-39-23-13-16-26-47(39)62-49)54-58-53(37-21-11-6-12-22-37)59-55(60-54)61-45-25-15-14-24-42(45)43-31-38(27-29-46(43)61)35-17-7-4-8-18-35/h3-33,56H,1-2H2/b56-52?,57-50-. The Bertz CT molecular complexity index is 3580. The minimum atomic E-state index is -0.0756. The van der Waals surface area contributed by atoms with Gasteiger partial charge >= 0.3 is 0 Å². The summed E-state index contributed by atoms with van der Waals surface area (Å²) in [5.74, 6) is 2.38. The Morgan fingerprint density at radius 3 is 1.95 bits per heavy atom. The van der Waals surface area contributed by atoms with Gasteiger partial charge in [0.1, 0.15) is 22.6 Å². The van der Waals surface area contributed by atoms with E-state index in [4.69, 9.17) is 28.8 Å². The summed E-state index contributed by atoms with van der Waals surface area (Å²) < 4.78 is 14.8. The number of furan rings is 2. The number of rotatable bonds is 9. The van der Waals surface area contributed by atoms with Crippen molar-refractivity contribution in [1.29, 1.82) is 5.41 Å². The lowest BCUT2D eigenvalue weighted by Crippen LogP contribution is -2.07. The highest BCUT2D eigenvalue weighted by molar-refractivity contribution is 6.28. The van der Waals surface area contributed by atoms with Gasteiger partial charge in [0.25, 0.3) is 0 Å². The van der Waals surface area contributed by atoms with E-state index in [1.165, 1.54) is 0 Å². The smallest absolute Gasteiger partial charge is 0.238 e. The molecule has 0 aliphatic rings. The Hall–Kier alpha value is -8.75. The van der Waals surface area contributed by atoms with Crippen molar-refractivity contribution < 1.29 is 8.83 Å². The zero-order chi connectivity index (χ0) is 42.4. The first kappa shape index (κ1) is 37.3. The van der Waals surface area contributed by atoms with E-state index < -0.39 is 0 Å². The van der Waals surface area contributed by atoms with Gasteiger partial charge in [0.2, 0.25) is 5.95 Å². The number of amidine groups is 1. The summed E-state index contributed by atoms with van der Waals surface area (Å²) in [6.07, 6.45) is 1.72. The molecule has 0 saturated heterocycles. The van der Waals surface area contributed by atoms with Gasteiger partial charge in [0, 0.05) is 43.8 Å². The van der Waals surface area contributed by atoms with Crippen LogP contribution in [0.15, 0.2) is 209 Å². The van der Waals surface area contributed by atoms with Crippen LogP contribution in [0.5, 0.6) is 0 Å². The molecule has 0 fully saturated rings. The minimum Gasteiger partial charge on any atom is -0.455 e. The normalized spacial score (nSPS) is 11.8. The summed E-state index contributed by atoms with van der Waals surface area (Å²) in [5.41, 5.74) is 9.47. The Labute approximate surface area is 362 Å². The van der Waals surface area contributed by atoms with Crippen molar-refractivity contribution in [2.75, 3.05) is 0 Å². The molecule has 4 heterocycles. The molecule has 0 spiro atoms. The molecular formula is C55H36N6O2. The van der Waals surface area contributed by atoms with Gasteiger partial charge in [-0.05, 0) is 59.7 Å². The lowest BCUT2D eigenvalue weighted by atomic mass is 10.0. The fourth-order valence-electron chi connectivity index (χ4n) is 8.23. The average Bonchev–Trinajstić information content (AvgIpc) is 4.05. The summed E-state index contributed by atoms with van der Waals surface area (Å²) in [7, 11) is 0. The van der Waals surface area contributed by atoms with Crippen LogP contribution in [-0.2, 0) is 0 Å². The topological polar surface area (TPSA) is 106 Å². The molecule has 0 bridgehead atoms. The lowest BCUT2D eigenvalue weighted by molar-refractivity contribution is 0.601. The predicted octanol–water partition coefficient (Wildman–Crippen LogP) is 13.6. The van der Waals surface area contributed by atoms with Crippen LogP contribution in [-0.4, -0.2) is 31.1 Å². The van der Waals surface area contributed by atoms with E-state index in [1.54, 1.807) is 6.08 Å². The first-order valence-corrected chi connectivity index (χ1v) is 20.5. The van der Waals surface area contributed by atoms with Gasteiger partial charge in [-0.3, -0.25) is 9.98 Å². The minimum absolute atomic E-state index is 0.0756. The van der Waals surface area contributed by atoms with E-state index >= 15 is 0 Å². The number of aromatic nitrogens is 4. The Morgan fingerprint density at radius 1 is 0.556 bits per heavy atom. The maximum atomic E-state index is 9.23. The third kappa shape index (κ3) is 6.63. The van der Waals surface area contributed by atoms with Crippen LogP contribution in [0.1, 0.15) is 22.6 Å². The van der Waals surface area contributed by atoms with Crippen molar-refractivity contribution >= 4 is 66.9 Å². The van der Waals surface area contributed by atoms with E-state index in [1.807, 2.05) is 121 Å². The van der Waals surface area contributed by atoms with Gasteiger partial charge in [-0.15, -0.1) is 0 Å². The van der Waals surface area contributed by atoms with E-state index in [9.17, 15) is 5.41 Å². The molecule has 7 aromatic carbocycles. The molecule has 11 aromatic rings. The van der Waals surface area contributed by atoms with E-state index in [2.05, 4.69) is 78.4 Å². The number of benzene rings is 7. The van der Waals surface area contributed by atoms with E-state index in [0.717, 1.165) is 66.0 Å². The van der Waals surface area contributed by atoms with Crippen LogP contribution in [0.25, 0.3) is 95.2 Å². The van der Waals surface area contributed by atoms with Gasteiger partial charge < -0.3 is 8.83 Å². The molecule has 8 nitrogen and oxygen atoms in total. The van der Waals surface area contributed by atoms with Crippen molar-refractivity contribution in [2.24, 2.45) is 4.99 Å². The second-order valence-electron chi connectivity index (χ2n) is 15.2. The molecule has 0 saturated carbocycles. The molecule has 0 unspecified atom stereocenters. The monoisotopic (exact) mass is 812 g/mol. The molecule has 0 radical (unpaired) electrons. The largest absolute Gasteiger partial charge is 0.455 e. The fourth-order valence-corrected chi connectivity index (χ4v) is 8.23. The SMILES string of the molecule is C=Cc1c(C(=C)C(=N)/N=C(/c2ccccc2)c2cc3ccccc3o2)oc2ccc(-c3nc(-c4ccccc4)nc(-n4c5ccccc5c5cc(-c6ccccc6)ccc54)n3)cc12. The fraction of sp³-hybridized carbons (Fsp3) is 0. The molecule has 11 rings (SSSR count). The van der Waals surface area contributed by atoms with Gasteiger partial charge in [-0.25, -0.2) is 9.98 Å². The van der Waals surface area contributed by atoms with Crippen molar-refractivity contribution in [3.8, 4) is 39.9 Å². The van der Waals surface area contributed by atoms with Crippen molar-refractivity contribution in [3.63, 3.8) is 0 Å². The second kappa shape index (κ2) is 15.4. The summed E-state index contributed by atoms with van der Waals surface area (Å²) in [6, 6.07) is 60.5. The molecular weight excluding hydrogens is 777 g/mol. The molecule has 0 amide bonds. The first-order chi connectivity index (χ1) is 31.0. The molecule has 8 heteroatoms.